The van der Waals surface area contributed by atoms with Gasteiger partial charge in [0.1, 0.15) is 0 Å². The second kappa shape index (κ2) is 6.64. The van der Waals surface area contributed by atoms with Crippen molar-refractivity contribution in [3.05, 3.63) is 64.7 Å². The molecule has 0 bridgehead atoms. The molecular weight excluding hydrogens is 284 g/mol. The number of nitrogen functional groups attached to an aromatic ring is 1. The summed E-state index contributed by atoms with van der Waals surface area (Å²) in [6, 6.07) is 14.9. The van der Waals surface area contributed by atoms with Crippen LogP contribution >= 0.6 is 11.6 Å². The maximum absolute atomic E-state index is 12.5. The molecule has 0 spiro atoms. The lowest BCUT2D eigenvalue weighted by atomic mass is 9.95. The van der Waals surface area contributed by atoms with E-state index >= 15 is 0 Å². The van der Waals surface area contributed by atoms with Crippen LogP contribution in [0.25, 0.3) is 0 Å². The lowest BCUT2D eigenvalue weighted by molar-refractivity contribution is 0.0926. The van der Waals surface area contributed by atoms with E-state index in [2.05, 4.69) is 19.2 Å². The fourth-order valence-electron chi connectivity index (χ4n) is 2.24. The van der Waals surface area contributed by atoms with Crippen LogP contribution in [0.5, 0.6) is 0 Å². The molecule has 0 saturated heterocycles. The number of amides is 1. The molecule has 0 saturated carbocycles. The van der Waals surface area contributed by atoms with Crippen LogP contribution in [-0.4, -0.2) is 5.91 Å². The highest BCUT2D eigenvalue weighted by atomic mass is 35.5. The van der Waals surface area contributed by atoms with Gasteiger partial charge < -0.3 is 11.1 Å². The Morgan fingerprint density at radius 1 is 1.10 bits per heavy atom. The van der Waals surface area contributed by atoms with Gasteiger partial charge in [0.15, 0.2) is 0 Å². The van der Waals surface area contributed by atoms with E-state index < -0.39 is 0 Å². The summed E-state index contributed by atoms with van der Waals surface area (Å²) in [5, 5.41) is 3.33. The van der Waals surface area contributed by atoms with Crippen LogP contribution in [0.3, 0.4) is 0 Å². The molecule has 1 unspecified atom stereocenters. The van der Waals surface area contributed by atoms with Crippen LogP contribution in [0, 0.1) is 5.92 Å². The molecule has 0 aliphatic carbocycles. The Bertz CT molecular complexity index is 626. The van der Waals surface area contributed by atoms with Crippen molar-refractivity contribution in [1.82, 2.24) is 5.32 Å². The molecular formula is C17H19ClN2O. The van der Waals surface area contributed by atoms with Gasteiger partial charge in [-0.15, -0.1) is 0 Å². The highest BCUT2D eigenvalue weighted by Gasteiger charge is 2.20. The summed E-state index contributed by atoms with van der Waals surface area (Å²) in [6.07, 6.45) is 0. The fraction of sp³-hybridized carbons (Fsp3) is 0.235. The third-order valence-electron chi connectivity index (χ3n) is 3.39. The molecule has 4 heteroatoms. The summed E-state index contributed by atoms with van der Waals surface area (Å²) in [5.74, 6) is 0.0473. The molecule has 3 N–H and O–H groups in total. The smallest absolute Gasteiger partial charge is 0.253 e. The van der Waals surface area contributed by atoms with Crippen molar-refractivity contribution >= 4 is 23.2 Å². The van der Waals surface area contributed by atoms with Crippen molar-refractivity contribution in [2.24, 2.45) is 5.92 Å². The normalized spacial score (nSPS) is 12.2. The van der Waals surface area contributed by atoms with E-state index in [0.717, 1.165) is 5.56 Å². The molecule has 2 aromatic rings. The average molecular weight is 303 g/mol. The van der Waals surface area contributed by atoms with Crippen molar-refractivity contribution in [1.29, 1.82) is 0 Å². The predicted octanol–water partition coefficient (Wildman–Crippen LogP) is 4.05. The van der Waals surface area contributed by atoms with Crippen molar-refractivity contribution < 1.29 is 4.79 Å². The number of carbonyl (C=O) groups is 1. The number of anilines is 1. The SMILES string of the molecule is CC(C)C(NC(=O)c1cccc(N)c1Cl)c1ccccc1. The van der Waals surface area contributed by atoms with Gasteiger partial charge in [-0.05, 0) is 23.6 Å². The van der Waals surface area contributed by atoms with Gasteiger partial charge >= 0.3 is 0 Å². The van der Waals surface area contributed by atoms with E-state index in [0.29, 0.717) is 16.3 Å². The highest BCUT2D eigenvalue weighted by Crippen LogP contribution is 2.26. The zero-order valence-corrected chi connectivity index (χ0v) is 12.9. The summed E-state index contributed by atoms with van der Waals surface area (Å²) < 4.78 is 0. The van der Waals surface area contributed by atoms with Crippen molar-refractivity contribution in [2.45, 2.75) is 19.9 Å². The van der Waals surface area contributed by atoms with Crippen LogP contribution < -0.4 is 11.1 Å². The van der Waals surface area contributed by atoms with Gasteiger partial charge in [0.25, 0.3) is 5.91 Å². The summed E-state index contributed by atoms with van der Waals surface area (Å²) in [7, 11) is 0. The van der Waals surface area contributed by atoms with Gasteiger partial charge in [-0.1, -0.05) is 61.8 Å². The zero-order valence-electron chi connectivity index (χ0n) is 12.1. The standard InChI is InChI=1S/C17H19ClN2O/c1-11(2)16(12-7-4-3-5-8-12)20-17(21)13-9-6-10-14(19)15(13)18/h3-11,16H,19H2,1-2H3,(H,20,21). The van der Waals surface area contributed by atoms with E-state index in [1.807, 2.05) is 30.3 Å². The van der Waals surface area contributed by atoms with Crippen LogP contribution in [0.4, 0.5) is 5.69 Å². The summed E-state index contributed by atoms with van der Waals surface area (Å²) in [6.45, 7) is 4.14. The Labute approximate surface area is 130 Å². The maximum atomic E-state index is 12.5. The van der Waals surface area contributed by atoms with Crippen molar-refractivity contribution in [3.8, 4) is 0 Å². The minimum absolute atomic E-state index is 0.0730. The van der Waals surface area contributed by atoms with E-state index in [9.17, 15) is 4.79 Å². The molecule has 21 heavy (non-hydrogen) atoms. The molecule has 1 amide bonds. The number of nitrogens with one attached hydrogen (secondary N) is 1. The number of carbonyl (C=O) groups excluding carboxylic acids is 1. The number of hydrogen-bond donors (Lipinski definition) is 2. The quantitative estimate of drug-likeness (QED) is 0.837. The second-order valence-corrected chi connectivity index (χ2v) is 5.69. The van der Waals surface area contributed by atoms with Crippen LogP contribution in [-0.2, 0) is 0 Å². The lowest BCUT2D eigenvalue weighted by Gasteiger charge is -2.23. The Morgan fingerprint density at radius 2 is 1.76 bits per heavy atom. The third kappa shape index (κ3) is 3.56. The number of rotatable bonds is 4. The molecule has 0 heterocycles. The molecule has 3 nitrogen and oxygen atoms in total. The summed E-state index contributed by atoms with van der Waals surface area (Å²) >= 11 is 6.11. The lowest BCUT2D eigenvalue weighted by Crippen LogP contribution is -2.32. The summed E-state index contributed by atoms with van der Waals surface area (Å²) in [4.78, 5) is 12.5. The van der Waals surface area contributed by atoms with Crippen LogP contribution in [0.1, 0.15) is 35.8 Å². The van der Waals surface area contributed by atoms with Gasteiger partial charge in [0.2, 0.25) is 0 Å². The Balaban J connectivity index is 2.25. The highest BCUT2D eigenvalue weighted by molar-refractivity contribution is 6.36. The monoisotopic (exact) mass is 302 g/mol. The van der Waals surface area contributed by atoms with Gasteiger partial charge in [0.05, 0.1) is 22.3 Å². The zero-order chi connectivity index (χ0) is 15.4. The topological polar surface area (TPSA) is 55.1 Å². The van der Waals surface area contributed by atoms with Crippen molar-refractivity contribution in [2.75, 3.05) is 5.73 Å². The van der Waals surface area contributed by atoms with E-state index in [1.54, 1.807) is 18.2 Å². The van der Waals surface area contributed by atoms with Crippen LogP contribution in [0.2, 0.25) is 5.02 Å². The van der Waals surface area contributed by atoms with Gasteiger partial charge in [-0.2, -0.15) is 0 Å². The number of halogens is 1. The Kier molecular flexibility index (Phi) is 4.86. The first-order valence-corrected chi connectivity index (χ1v) is 7.28. The first kappa shape index (κ1) is 15.4. The fourth-order valence-corrected chi connectivity index (χ4v) is 2.45. The summed E-state index contributed by atoms with van der Waals surface area (Å²) in [5.41, 5.74) is 7.63. The van der Waals surface area contributed by atoms with Gasteiger partial charge in [0, 0.05) is 0 Å². The minimum Gasteiger partial charge on any atom is -0.398 e. The minimum atomic E-state index is -0.213. The van der Waals surface area contributed by atoms with Crippen LogP contribution in [0.15, 0.2) is 48.5 Å². The third-order valence-corrected chi connectivity index (χ3v) is 3.81. The van der Waals surface area contributed by atoms with E-state index in [1.165, 1.54) is 0 Å². The largest absolute Gasteiger partial charge is 0.398 e. The molecule has 110 valence electrons. The average Bonchev–Trinajstić information content (AvgIpc) is 2.48. The molecule has 0 radical (unpaired) electrons. The molecule has 0 aliphatic rings. The molecule has 2 aromatic carbocycles. The van der Waals surface area contributed by atoms with Gasteiger partial charge in [-0.25, -0.2) is 0 Å². The Morgan fingerprint density at radius 3 is 2.38 bits per heavy atom. The Hall–Kier alpha value is -2.00. The number of hydrogen-bond acceptors (Lipinski definition) is 2. The molecule has 1 atom stereocenters. The van der Waals surface area contributed by atoms with E-state index in [4.69, 9.17) is 17.3 Å². The molecule has 0 aromatic heterocycles. The first-order valence-electron chi connectivity index (χ1n) is 6.90. The molecule has 2 rings (SSSR count). The van der Waals surface area contributed by atoms with Crippen molar-refractivity contribution in [3.63, 3.8) is 0 Å². The molecule has 0 fully saturated rings. The second-order valence-electron chi connectivity index (χ2n) is 5.31. The van der Waals surface area contributed by atoms with Gasteiger partial charge in [-0.3, -0.25) is 4.79 Å². The van der Waals surface area contributed by atoms with E-state index in [-0.39, 0.29) is 17.9 Å². The predicted molar refractivity (Wildman–Crippen MR) is 87.4 cm³/mol. The first-order chi connectivity index (χ1) is 10.0. The number of nitrogens with two attached hydrogens (primary N) is 1. The number of benzene rings is 2. The maximum Gasteiger partial charge on any atom is 0.253 e. The molecule has 0 aliphatic heterocycles.